The minimum absolute atomic E-state index is 0.0834. The van der Waals surface area contributed by atoms with Crippen LogP contribution >= 0.6 is 0 Å². The summed E-state index contributed by atoms with van der Waals surface area (Å²) in [6.07, 6.45) is 2.34. The maximum absolute atomic E-state index is 9.31. The maximum Gasteiger partial charge on any atom is 0.239 e. The molecule has 0 bridgehead atoms. The minimum atomic E-state index is -0.173. The Bertz CT molecular complexity index is 430. The summed E-state index contributed by atoms with van der Waals surface area (Å²) in [5, 5.41) is 27.6. The van der Waals surface area contributed by atoms with E-state index in [2.05, 4.69) is 9.97 Å². The number of nitrogens with zero attached hydrogens (tertiary/aromatic N) is 3. The first-order valence-electron chi connectivity index (χ1n) is 3.79. The lowest BCUT2D eigenvalue weighted by molar-refractivity contribution is 0.397. The largest absolute Gasteiger partial charge is 0.505 e. The summed E-state index contributed by atoms with van der Waals surface area (Å²) in [4.78, 5) is 7.45. The normalized spacial score (nSPS) is 10.3. The molecule has 2 rings (SSSR count). The molecule has 14 heavy (non-hydrogen) atoms. The van der Waals surface area contributed by atoms with Gasteiger partial charge in [-0.05, 0) is 0 Å². The molecule has 72 valence electrons. The van der Waals surface area contributed by atoms with Crippen molar-refractivity contribution in [3.8, 4) is 23.5 Å². The lowest BCUT2D eigenvalue weighted by Crippen LogP contribution is -1.98. The predicted molar refractivity (Wildman–Crippen MR) is 46.4 cm³/mol. The Morgan fingerprint density at radius 3 is 1.93 bits per heavy atom. The minimum Gasteiger partial charge on any atom is -0.505 e. The van der Waals surface area contributed by atoms with Crippen LogP contribution in [0.2, 0.25) is 0 Å². The predicted octanol–water partition coefficient (Wildman–Crippen LogP) is 0.384. The van der Waals surface area contributed by atoms with Crippen LogP contribution in [0.25, 0.3) is 5.95 Å². The molecule has 0 spiro atoms. The number of rotatable bonds is 1. The second-order valence-electron chi connectivity index (χ2n) is 2.63. The van der Waals surface area contributed by atoms with Crippen molar-refractivity contribution in [2.75, 3.05) is 0 Å². The van der Waals surface area contributed by atoms with Crippen LogP contribution in [-0.4, -0.2) is 29.9 Å². The lowest BCUT2D eigenvalue weighted by atomic mass is 10.6. The molecular weight excluding hydrogens is 186 g/mol. The third-order valence-electron chi connectivity index (χ3n) is 1.66. The first-order chi connectivity index (χ1) is 6.68. The Labute approximate surface area is 78.7 Å². The highest BCUT2D eigenvalue weighted by Crippen LogP contribution is 2.24. The van der Waals surface area contributed by atoms with E-state index in [9.17, 15) is 10.2 Å². The molecule has 0 aromatic carbocycles. The van der Waals surface area contributed by atoms with Gasteiger partial charge in [0.1, 0.15) is 0 Å². The van der Waals surface area contributed by atoms with Crippen molar-refractivity contribution in [1.82, 2.24) is 14.5 Å². The van der Waals surface area contributed by atoms with E-state index in [4.69, 9.17) is 5.11 Å². The SMILES string of the molecule is Oc1cnc(-n2c(O)ccc2O)nc1. The van der Waals surface area contributed by atoms with Gasteiger partial charge in [0.05, 0.1) is 12.4 Å². The van der Waals surface area contributed by atoms with Gasteiger partial charge in [-0.1, -0.05) is 0 Å². The summed E-state index contributed by atoms with van der Waals surface area (Å²) >= 11 is 0. The third kappa shape index (κ3) is 1.22. The molecule has 2 aromatic heterocycles. The van der Waals surface area contributed by atoms with E-state index in [1.165, 1.54) is 24.5 Å². The summed E-state index contributed by atoms with van der Waals surface area (Å²) in [7, 11) is 0. The first-order valence-corrected chi connectivity index (χ1v) is 3.79. The molecule has 6 heteroatoms. The lowest BCUT2D eigenvalue weighted by Gasteiger charge is -2.03. The smallest absolute Gasteiger partial charge is 0.239 e. The molecule has 0 radical (unpaired) electrons. The topological polar surface area (TPSA) is 91.4 Å². The molecule has 0 fully saturated rings. The van der Waals surface area contributed by atoms with Crippen molar-refractivity contribution < 1.29 is 15.3 Å². The van der Waals surface area contributed by atoms with Crippen molar-refractivity contribution in [3.63, 3.8) is 0 Å². The van der Waals surface area contributed by atoms with Crippen molar-refractivity contribution >= 4 is 0 Å². The third-order valence-corrected chi connectivity index (χ3v) is 1.66. The van der Waals surface area contributed by atoms with Gasteiger partial charge in [-0.2, -0.15) is 0 Å². The zero-order valence-electron chi connectivity index (χ0n) is 6.99. The fourth-order valence-corrected chi connectivity index (χ4v) is 1.05. The standard InChI is InChI=1S/C8H7N3O3/c12-5-3-9-8(10-4-5)11-6(13)1-2-7(11)14/h1-4,12-14H. The fraction of sp³-hybridized carbons (Fsp3) is 0. The number of hydrogen-bond donors (Lipinski definition) is 3. The molecule has 0 saturated heterocycles. The van der Waals surface area contributed by atoms with Crippen LogP contribution in [0.4, 0.5) is 0 Å². The Balaban J connectivity index is 2.54. The molecular formula is C8H7N3O3. The Hall–Kier alpha value is -2.24. The average molecular weight is 193 g/mol. The highest BCUT2D eigenvalue weighted by Gasteiger charge is 2.09. The Morgan fingerprint density at radius 2 is 1.43 bits per heavy atom. The van der Waals surface area contributed by atoms with Crippen LogP contribution < -0.4 is 0 Å². The zero-order valence-corrected chi connectivity index (χ0v) is 6.99. The fourth-order valence-electron chi connectivity index (χ4n) is 1.05. The van der Waals surface area contributed by atoms with E-state index in [0.717, 1.165) is 4.57 Å². The molecule has 2 aromatic rings. The van der Waals surface area contributed by atoms with E-state index in [1.807, 2.05) is 0 Å². The van der Waals surface area contributed by atoms with Crippen LogP contribution in [0, 0.1) is 0 Å². The summed E-state index contributed by atoms with van der Waals surface area (Å²) < 4.78 is 1.04. The monoisotopic (exact) mass is 193 g/mol. The Morgan fingerprint density at radius 1 is 0.929 bits per heavy atom. The quantitative estimate of drug-likeness (QED) is 0.609. The summed E-state index contributed by atoms with van der Waals surface area (Å²) in [5.41, 5.74) is 0. The van der Waals surface area contributed by atoms with E-state index in [-0.39, 0.29) is 23.5 Å². The van der Waals surface area contributed by atoms with Crippen LogP contribution in [0.3, 0.4) is 0 Å². The second-order valence-corrected chi connectivity index (χ2v) is 2.63. The van der Waals surface area contributed by atoms with Crippen LogP contribution in [-0.2, 0) is 0 Å². The van der Waals surface area contributed by atoms with E-state index < -0.39 is 0 Å². The first kappa shape index (κ1) is 8.36. The number of hydrogen-bond acceptors (Lipinski definition) is 5. The summed E-state index contributed by atoms with van der Waals surface area (Å²) in [5.74, 6) is -0.343. The van der Waals surface area contributed by atoms with Gasteiger partial charge in [0, 0.05) is 12.1 Å². The van der Waals surface area contributed by atoms with E-state index in [0.29, 0.717) is 0 Å². The molecule has 0 aliphatic carbocycles. The highest BCUT2D eigenvalue weighted by atomic mass is 16.3. The van der Waals surface area contributed by atoms with Gasteiger partial charge in [-0.3, -0.25) is 0 Å². The molecule has 6 nitrogen and oxygen atoms in total. The van der Waals surface area contributed by atoms with Crippen LogP contribution in [0.15, 0.2) is 24.5 Å². The molecule has 0 atom stereocenters. The summed E-state index contributed by atoms with van der Waals surface area (Å²) in [6.45, 7) is 0. The van der Waals surface area contributed by atoms with Gasteiger partial charge >= 0.3 is 0 Å². The molecule has 0 aliphatic heterocycles. The second kappa shape index (κ2) is 2.91. The van der Waals surface area contributed by atoms with Gasteiger partial charge in [0.15, 0.2) is 5.75 Å². The van der Waals surface area contributed by atoms with Crippen LogP contribution in [0.1, 0.15) is 0 Å². The van der Waals surface area contributed by atoms with Crippen molar-refractivity contribution in [3.05, 3.63) is 24.5 Å². The molecule has 3 N–H and O–H groups in total. The molecule has 0 aliphatic rings. The zero-order chi connectivity index (χ0) is 10.1. The molecule has 2 heterocycles. The molecule has 0 amide bonds. The summed E-state index contributed by atoms with van der Waals surface area (Å²) in [6, 6.07) is 2.62. The van der Waals surface area contributed by atoms with Gasteiger partial charge in [-0.25, -0.2) is 14.5 Å². The van der Waals surface area contributed by atoms with E-state index >= 15 is 0 Å². The molecule has 0 saturated carbocycles. The van der Waals surface area contributed by atoms with Crippen molar-refractivity contribution in [2.24, 2.45) is 0 Å². The number of aromatic hydroxyl groups is 3. The average Bonchev–Trinajstić information content (AvgIpc) is 2.49. The highest BCUT2D eigenvalue weighted by molar-refractivity contribution is 5.33. The molecule has 0 unspecified atom stereocenters. The van der Waals surface area contributed by atoms with Crippen LogP contribution in [0.5, 0.6) is 17.5 Å². The number of aromatic nitrogens is 3. The van der Waals surface area contributed by atoms with Gasteiger partial charge in [0.2, 0.25) is 17.7 Å². The van der Waals surface area contributed by atoms with Crippen molar-refractivity contribution in [2.45, 2.75) is 0 Å². The van der Waals surface area contributed by atoms with E-state index in [1.54, 1.807) is 0 Å². The maximum atomic E-state index is 9.31. The Kier molecular flexibility index (Phi) is 1.74. The van der Waals surface area contributed by atoms with Crippen molar-refractivity contribution in [1.29, 1.82) is 0 Å². The van der Waals surface area contributed by atoms with Gasteiger partial charge < -0.3 is 15.3 Å². The van der Waals surface area contributed by atoms with Gasteiger partial charge in [-0.15, -0.1) is 0 Å². The van der Waals surface area contributed by atoms with Gasteiger partial charge in [0.25, 0.3) is 0 Å².